The second-order valence-corrected chi connectivity index (χ2v) is 5.22. The molecule has 1 aromatic rings. The van der Waals surface area contributed by atoms with E-state index in [0.717, 1.165) is 16.8 Å². The normalized spacial score (nSPS) is 11.4. The molecule has 1 aromatic carbocycles. The van der Waals surface area contributed by atoms with Crippen LogP contribution in [0.5, 0.6) is 5.75 Å². The van der Waals surface area contributed by atoms with Crippen LogP contribution in [0.15, 0.2) is 28.7 Å². The predicted octanol–water partition coefficient (Wildman–Crippen LogP) is 3.87. The summed E-state index contributed by atoms with van der Waals surface area (Å²) in [6.45, 7) is 7.21. The highest BCUT2D eigenvalue weighted by atomic mass is 79.9. The van der Waals surface area contributed by atoms with Gasteiger partial charge in [-0.25, -0.2) is 0 Å². The van der Waals surface area contributed by atoms with Crippen molar-refractivity contribution in [1.82, 2.24) is 0 Å². The van der Waals surface area contributed by atoms with Gasteiger partial charge in [0.2, 0.25) is 0 Å². The summed E-state index contributed by atoms with van der Waals surface area (Å²) in [7, 11) is 0. The number of hydrogen-bond acceptors (Lipinski definition) is 1. The average Bonchev–Trinajstić information content (AvgIpc) is 2.00. The number of rotatable bonds is 2. The molecule has 0 N–H and O–H groups in total. The Hall–Kier alpha value is -0.500. The molecule has 0 heterocycles. The summed E-state index contributed by atoms with van der Waals surface area (Å²) in [5.41, 5.74) is 0.211. The Morgan fingerprint density at radius 2 is 2.00 bits per heavy atom. The molecular formula is C11H15BrO. The summed E-state index contributed by atoms with van der Waals surface area (Å²) >= 11 is 3.40. The van der Waals surface area contributed by atoms with Gasteiger partial charge in [-0.2, -0.15) is 0 Å². The SMILES string of the molecule is CC(C)(C)COc1cccc(Br)c1. The first-order valence-corrected chi connectivity index (χ1v) is 5.15. The van der Waals surface area contributed by atoms with E-state index in [-0.39, 0.29) is 5.41 Å². The van der Waals surface area contributed by atoms with Gasteiger partial charge in [0.05, 0.1) is 6.61 Å². The van der Waals surface area contributed by atoms with Gasteiger partial charge >= 0.3 is 0 Å². The molecule has 0 amide bonds. The first-order valence-electron chi connectivity index (χ1n) is 4.36. The summed E-state index contributed by atoms with van der Waals surface area (Å²) in [6, 6.07) is 7.91. The number of halogens is 1. The minimum atomic E-state index is 0.211. The standard InChI is InChI=1S/C11H15BrO/c1-11(2,3)8-13-10-6-4-5-9(12)7-10/h4-7H,8H2,1-3H3. The van der Waals surface area contributed by atoms with Crippen LogP contribution in [-0.4, -0.2) is 6.61 Å². The first-order chi connectivity index (χ1) is 5.97. The van der Waals surface area contributed by atoms with Crippen LogP contribution in [0.25, 0.3) is 0 Å². The monoisotopic (exact) mass is 242 g/mol. The molecule has 1 rings (SSSR count). The maximum Gasteiger partial charge on any atom is 0.120 e. The van der Waals surface area contributed by atoms with E-state index < -0.39 is 0 Å². The van der Waals surface area contributed by atoms with Gasteiger partial charge in [0.1, 0.15) is 5.75 Å². The molecule has 0 aliphatic heterocycles. The minimum absolute atomic E-state index is 0.211. The van der Waals surface area contributed by atoms with E-state index in [1.165, 1.54) is 0 Å². The summed E-state index contributed by atoms with van der Waals surface area (Å²) < 4.78 is 6.68. The van der Waals surface area contributed by atoms with E-state index in [9.17, 15) is 0 Å². The molecule has 13 heavy (non-hydrogen) atoms. The highest BCUT2D eigenvalue weighted by molar-refractivity contribution is 9.10. The van der Waals surface area contributed by atoms with Crippen LogP contribution in [0.1, 0.15) is 20.8 Å². The molecule has 2 heteroatoms. The molecule has 0 bridgehead atoms. The van der Waals surface area contributed by atoms with Crippen molar-refractivity contribution in [3.63, 3.8) is 0 Å². The van der Waals surface area contributed by atoms with Gasteiger partial charge in [-0.3, -0.25) is 0 Å². The number of benzene rings is 1. The summed E-state index contributed by atoms with van der Waals surface area (Å²) in [4.78, 5) is 0. The molecule has 0 atom stereocenters. The van der Waals surface area contributed by atoms with Crippen molar-refractivity contribution < 1.29 is 4.74 Å². The lowest BCUT2D eigenvalue weighted by molar-refractivity contribution is 0.198. The molecule has 0 radical (unpaired) electrons. The Labute approximate surface area is 88.2 Å². The number of hydrogen-bond donors (Lipinski definition) is 0. The second kappa shape index (κ2) is 4.14. The molecule has 0 fully saturated rings. The maximum atomic E-state index is 5.62. The highest BCUT2D eigenvalue weighted by Gasteiger charge is 2.10. The predicted molar refractivity (Wildman–Crippen MR) is 59.1 cm³/mol. The lowest BCUT2D eigenvalue weighted by Gasteiger charge is -2.18. The van der Waals surface area contributed by atoms with Gasteiger partial charge in [0, 0.05) is 4.47 Å². The van der Waals surface area contributed by atoms with Gasteiger partial charge < -0.3 is 4.74 Å². The molecular weight excluding hydrogens is 228 g/mol. The van der Waals surface area contributed by atoms with Gasteiger partial charge in [-0.1, -0.05) is 42.8 Å². The average molecular weight is 243 g/mol. The Kier molecular flexibility index (Phi) is 3.37. The highest BCUT2D eigenvalue weighted by Crippen LogP contribution is 2.20. The third kappa shape index (κ3) is 4.32. The largest absolute Gasteiger partial charge is 0.493 e. The van der Waals surface area contributed by atoms with Crippen molar-refractivity contribution in [2.45, 2.75) is 20.8 Å². The van der Waals surface area contributed by atoms with Crippen molar-refractivity contribution in [2.24, 2.45) is 5.41 Å². The van der Waals surface area contributed by atoms with Crippen molar-refractivity contribution >= 4 is 15.9 Å². The Morgan fingerprint density at radius 3 is 2.54 bits per heavy atom. The Bertz CT molecular complexity index is 276. The van der Waals surface area contributed by atoms with Crippen molar-refractivity contribution in [1.29, 1.82) is 0 Å². The van der Waals surface area contributed by atoms with E-state index in [1.54, 1.807) is 0 Å². The molecule has 0 saturated carbocycles. The summed E-state index contributed by atoms with van der Waals surface area (Å²) in [5.74, 6) is 0.921. The quantitative estimate of drug-likeness (QED) is 0.766. The fourth-order valence-electron chi connectivity index (χ4n) is 0.857. The van der Waals surface area contributed by atoms with Crippen LogP contribution < -0.4 is 4.74 Å². The molecule has 0 unspecified atom stereocenters. The molecule has 72 valence electrons. The zero-order valence-corrected chi connectivity index (χ0v) is 9.89. The van der Waals surface area contributed by atoms with Gasteiger partial charge in [-0.15, -0.1) is 0 Å². The van der Waals surface area contributed by atoms with Crippen molar-refractivity contribution in [2.75, 3.05) is 6.61 Å². The van der Waals surface area contributed by atoms with Crippen LogP contribution in [0.2, 0.25) is 0 Å². The van der Waals surface area contributed by atoms with Crippen molar-refractivity contribution in [3.8, 4) is 5.75 Å². The zero-order valence-electron chi connectivity index (χ0n) is 8.30. The molecule has 0 aliphatic carbocycles. The molecule has 1 nitrogen and oxygen atoms in total. The van der Waals surface area contributed by atoms with E-state index >= 15 is 0 Å². The third-order valence-electron chi connectivity index (χ3n) is 1.47. The van der Waals surface area contributed by atoms with Crippen LogP contribution >= 0.6 is 15.9 Å². The summed E-state index contributed by atoms with van der Waals surface area (Å²) in [5, 5.41) is 0. The first kappa shape index (κ1) is 10.6. The van der Waals surface area contributed by atoms with Crippen LogP contribution in [0.4, 0.5) is 0 Å². The Balaban J connectivity index is 2.55. The van der Waals surface area contributed by atoms with Gasteiger partial charge in [-0.05, 0) is 23.6 Å². The lowest BCUT2D eigenvalue weighted by Crippen LogP contribution is -2.16. The maximum absolute atomic E-state index is 5.62. The second-order valence-electron chi connectivity index (χ2n) is 4.31. The van der Waals surface area contributed by atoms with Crippen LogP contribution in [0, 0.1) is 5.41 Å². The minimum Gasteiger partial charge on any atom is -0.493 e. The van der Waals surface area contributed by atoms with Gasteiger partial charge in [0.25, 0.3) is 0 Å². The van der Waals surface area contributed by atoms with Crippen LogP contribution in [-0.2, 0) is 0 Å². The molecule has 0 spiro atoms. The lowest BCUT2D eigenvalue weighted by atomic mass is 9.99. The fraction of sp³-hybridized carbons (Fsp3) is 0.455. The van der Waals surface area contributed by atoms with Crippen LogP contribution in [0.3, 0.4) is 0 Å². The number of ether oxygens (including phenoxy) is 1. The molecule has 0 saturated heterocycles. The molecule has 0 aromatic heterocycles. The molecule has 0 aliphatic rings. The Morgan fingerprint density at radius 1 is 1.31 bits per heavy atom. The fourth-order valence-corrected chi connectivity index (χ4v) is 1.23. The van der Waals surface area contributed by atoms with Gasteiger partial charge in [0.15, 0.2) is 0 Å². The van der Waals surface area contributed by atoms with E-state index in [0.29, 0.717) is 0 Å². The summed E-state index contributed by atoms with van der Waals surface area (Å²) in [6.07, 6.45) is 0. The van der Waals surface area contributed by atoms with E-state index in [2.05, 4.69) is 36.7 Å². The van der Waals surface area contributed by atoms with E-state index in [4.69, 9.17) is 4.74 Å². The topological polar surface area (TPSA) is 9.23 Å². The third-order valence-corrected chi connectivity index (χ3v) is 1.96. The smallest absolute Gasteiger partial charge is 0.120 e. The van der Waals surface area contributed by atoms with Crippen molar-refractivity contribution in [3.05, 3.63) is 28.7 Å². The zero-order chi connectivity index (χ0) is 9.90. The van der Waals surface area contributed by atoms with E-state index in [1.807, 2.05) is 24.3 Å².